The molecule has 3 heteroatoms. The van der Waals surface area contributed by atoms with Gasteiger partial charge in [-0.2, -0.15) is 0 Å². The molecule has 0 amide bonds. The molecule has 0 fully saturated rings. The maximum Gasteiger partial charge on any atom is 0.0409 e. The fraction of sp³-hybridized carbons (Fsp3) is 0.333. The number of hydrogen-bond acceptors (Lipinski definition) is 1. The molecule has 1 atom stereocenters. The lowest BCUT2D eigenvalue weighted by atomic mass is 10.1. The first-order valence-electron chi connectivity index (χ1n) is 6.32. The minimum Gasteiger partial charge on any atom is -0.354 e. The third kappa shape index (κ3) is 3.37. The molecular formula is C15H19ClN2. The van der Waals surface area contributed by atoms with Gasteiger partial charge in [0.25, 0.3) is 0 Å². The molecular weight excluding hydrogens is 244 g/mol. The highest BCUT2D eigenvalue weighted by Gasteiger charge is 2.05. The number of aryl methyl sites for hydroxylation is 1. The van der Waals surface area contributed by atoms with Crippen LogP contribution in [0.3, 0.4) is 0 Å². The van der Waals surface area contributed by atoms with Crippen molar-refractivity contribution in [1.82, 2.24) is 9.88 Å². The Hall–Kier alpha value is -1.25. The second kappa shape index (κ2) is 6.07. The zero-order valence-corrected chi connectivity index (χ0v) is 11.6. The number of nitrogens with zero attached hydrogens (tertiary/aromatic N) is 1. The van der Waals surface area contributed by atoms with Crippen molar-refractivity contribution in [3.05, 3.63) is 58.9 Å². The van der Waals surface area contributed by atoms with E-state index in [4.69, 9.17) is 11.6 Å². The minimum atomic E-state index is 0.300. The Kier molecular flexibility index (Phi) is 4.45. The van der Waals surface area contributed by atoms with E-state index in [2.05, 4.69) is 48.3 Å². The van der Waals surface area contributed by atoms with E-state index >= 15 is 0 Å². The van der Waals surface area contributed by atoms with Crippen molar-refractivity contribution in [3.63, 3.8) is 0 Å². The molecule has 0 aliphatic rings. The van der Waals surface area contributed by atoms with Crippen molar-refractivity contribution in [3.8, 4) is 0 Å². The fourth-order valence-electron chi connectivity index (χ4n) is 1.96. The molecule has 0 aliphatic heterocycles. The SMILES string of the molecule is CCn1ccc(CNC(C)c2cccc(Cl)c2)c1. The maximum absolute atomic E-state index is 6.00. The van der Waals surface area contributed by atoms with Crippen LogP contribution >= 0.6 is 11.6 Å². The Balaban J connectivity index is 1.93. The first kappa shape index (κ1) is 13.2. The highest BCUT2D eigenvalue weighted by molar-refractivity contribution is 6.30. The lowest BCUT2D eigenvalue weighted by molar-refractivity contribution is 0.574. The van der Waals surface area contributed by atoms with Crippen molar-refractivity contribution < 1.29 is 0 Å². The summed E-state index contributed by atoms with van der Waals surface area (Å²) in [6.07, 6.45) is 4.29. The van der Waals surface area contributed by atoms with E-state index in [9.17, 15) is 0 Å². The summed E-state index contributed by atoms with van der Waals surface area (Å²) in [6.45, 7) is 6.19. The zero-order valence-electron chi connectivity index (χ0n) is 10.9. The predicted octanol–water partition coefficient (Wildman–Crippen LogP) is 4.01. The molecule has 1 N–H and O–H groups in total. The number of aromatic nitrogens is 1. The van der Waals surface area contributed by atoms with Crippen LogP contribution in [0, 0.1) is 0 Å². The van der Waals surface area contributed by atoms with Gasteiger partial charge in [0.1, 0.15) is 0 Å². The predicted molar refractivity (Wildman–Crippen MR) is 76.8 cm³/mol. The monoisotopic (exact) mass is 262 g/mol. The van der Waals surface area contributed by atoms with E-state index in [0.717, 1.165) is 18.1 Å². The third-order valence-corrected chi connectivity index (χ3v) is 3.37. The summed E-state index contributed by atoms with van der Waals surface area (Å²) in [5, 5.41) is 4.30. The van der Waals surface area contributed by atoms with Crippen molar-refractivity contribution in [1.29, 1.82) is 0 Å². The largest absolute Gasteiger partial charge is 0.354 e. The van der Waals surface area contributed by atoms with Crippen LogP contribution in [0.15, 0.2) is 42.7 Å². The van der Waals surface area contributed by atoms with E-state index in [-0.39, 0.29) is 0 Å². The van der Waals surface area contributed by atoms with Crippen LogP contribution in [0.2, 0.25) is 5.02 Å². The molecule has 0 saturated heterocycles. The van der Waals surface area contributed by atoms with Gasteiger partial charge in [-0.3, -0.25) is 0 Å². The average molecular weight is 263 g/mol. The first-order chi connectivity index (χ1) is 8.69. The van der Waals surface area contributed by atoms with Crippen LogP contribution in [0.1, 0.15) is 31.0 Å². The summed E-state index contributed by atoms with van der Waals surface area (Å²) in [6, 6.07) is 10.5. The smallest absolute Gasteiger partial charge is 0.0409 e. The molecule has 2 rings (SSSR count). The van der Waals surface area contributed by atoms with Crippen molar-refractivity contribution in [2.45, 2.75) is 33.0 Å². The normalized spacial score (nSPS) is 12.6. The van der Waals surface area contributed by atoms with Crippen molar-refractivity contribution in [2.75, 3.05) is 0 Å². The van der Waals surface area contributed by atoms with Gasteiger partial charge in [0.15, 0.2) is 0 Å². The standard InChI is InChI=1S/C15H19ClN2/c1-3-18-8-7-13(11-18)10-17-12(2)14-5-4-6-15(16)9-14/h4-9,11-12,17H,3,10H2,1-2H3. The summed E-state index contributed by atoms with van der Waals surface area (Å²) in [5.74, 6) is 0. The number of rotatable bonds is 5. The average Bonchev–Trinajstić information content (AvgIpc) is 2.84. The molecule has 1 heterocycles. The van der Waals surface area contributed by atoms with Gasteiger partial charge in [-0.25, -0.2) is 0 Å². The molecule has 0 aliphatic carbocycles. The zero-order chi connectivity index (χ0) is 13.0. The van der Waals surface area contributed by atoms with E-state index < -0.39 is 0 Å². The van der Waals surface area contributed by atoms with Gasteiger partial charge in [0.05, 0.1) is 0 Å². The number of halogens is 1. The molecule has 1 unspecified atom stereocenters. The molecule has 1 aromatic heterocycles. The van der Waals surface area contributed by atoms with Crippen molar-refractivity contribution >= 4 is 11.6 Å². The van der Waals surface area contributed by atoms with E-state index in [1.807, 2.05) is 18.2 Å². The van der Waals surface area contributed by atoms with Crippen molar-refractivity contribution in [2.24, 2.45) is 0 Å². The molecule has 96 valence electrons. The summed E-state index contributed by atoms with van der Waals surface area (Å²) in [5.41, 5.74) is 2.53. The van der Waals surface area contributed by atoms with Crippen LogP contribution in [-0.2, 0) is 13.1 Å². The van der Waals surface area contributed by atoms with Crippen LogP contribution in [-0.4, -0.2) is 4.57 Å². The molecule has 0 saturated carbocycles. The van der Waals surface area contributed by atoms with E-state index in [1.54, 1.807) is 0 Å². The topological polar surface area (TPSA) is 17.0 Å². The first-order valence-corrected chi connectivity index (χ1v) is 6.70. The van der Waals surface area contributed by atoms with Gasteiger partial charge in [-0.15, -0.1) is 0 Å². The summed E-state index contributed by atoms with van der Waals surface area (Å²) < 4.78 is 2.18. The highest BCUT2D eigenvalue weighted by atomic mass is 35.5. The fourth-order valence-corrected chi connectivity index (χ4v) is 2.16. The molecule has 18 heavy (non-hydrogen) atoms. The van der Waals surface area contributed by atoms with Crippen LogP contribution in [0.4, 0.5) is 0 Å². The minimum absolute atomic E-state index is 0.300. The molecule has 2 aromatic rings. The second-order valence-corrected chi connectivity index (χ2v) is 4.94. The molecule has 2 nitrogen and oxygen atoms in total. The van der Waals surface area contributed by atoms with Gasteiger partial charge in [-0.1, -0.05) is 23.7 Å². The highest BCUT2D eigenvalue weighted by Crippen LogP contribution is 2.17. The number of nitrogens with one attached hydrogen (secondary N) is 1. The van der Waals surface area contributed by atoms with Gasteiger partial charge in [-0.05, 0) is 43.2 Å². The number of hydrogen-bond donors (Lipinski definition) is 1. The lowest BCUT2D eigenvalue weighted by Crippen LogP contribution is -2.17. The quantitative estimate of drug-likeness (QED) is 0.861. The molecule has 0 spiro atoms. The Bertz CT molecular complexity index is 505. The number of benzene rings is 1. The summed E-state index contributed by atoms with van der Waals surface area (Å²) >= 11 is 6.00. The van der Waals surface area contributed by atoms with Gasteiger partial charge in [0, 0.05) is 36.5 Å². The van der Waals surface area contributed by atoms with Gasteiger partial charge >= 0.3 is 0 Å². The summed E-state index contributed by atoms with van der Waals surface area (Å²) in [4.78, 5) is 0. The van der Waals surface area contributed by atoms with E-state index in [1.165, 1.54) is 11.1 Å². The van der Waals surface area contributed by atoms with Gasteiger partial charge in [0.2, 0.25) is 0 Å². The van der Waals surface area contributed by atoms with Gasteiger partial charge < -0.3 is 9.88 Å². The maximum atomic E-state index is 6.00. The van der Waals surface area contributed by atoms with Crippen LogP contribution in [0.25, 0.3) is 0 Å². The Morgan fingerprint density at radius 1 is 1.33 bits per heavy atom. The lowest BCUT2D eigenvalue weighted by Gasteiger charge is -2.14. The Morgan fingerprint density at radius 2 is 2.17 bits per heavy atom. The van der Waals surface area contributed by atoms with Crippen LogP contribution < -0.4 is 5.32 Å². The molecule has 0 radical (unpaired) electrons. The molecule has 1 aromatic carbocycles. The molecule has 0 bridgehead atoms. The Labute approximate surface area is 114 Å². The van der Waals surface area contributed by atoms with E-state index in [0.29, 0.717) is 6.04 Å². The summed E-state index contributed by atoms with van der Waals surface area (Å²) in [7, 11) is 0. The van der Waals surface area contributed by atoms with Crippen LogP contribution in [0.5, 0.6) is 0 Å². The Morgan fingerprint density at radius 3 is 2.83 bits per heavy atom. The third-order valence-electron chi connectivity index (χ3n) is 3.14. The second-order valence-electron chi connectivity index (χ2n) is 4.51.